The third-order valence-electron chi connectivity index (χ3n) is 6.01. The van der Waals surface area contributed by atoms with Gasteiger partial charge in [0.15, 0.2) is 40.5 Å². The van der Waals surface area contributed by atoms with Crippen LogP contribution in [0.5, 0.6) is 0 Å². The Balaban J connectivity index is 1.69. The molecule has 4 rings (SSSR count). The first kappa shape index (κ1) is 21.4. The van der Waals surface area contributed by atoms with Gasteiger partial charge in [-0.05, 0) is 24.3 Å². The highest BCUT2D eigenvalue weighted by Gasteiger charge is 2.44. The number of carbonyl (C=O) groups is 7. The van der Waals surface area contributed by atoms with Gasteiger partial charge in [0.1, 0.15) is 11.8 Å². The number of rotatable bonds is 6. The van der Waals surface area contributed by atoms with E-state index < -0.39 is 52.3 Å². The maximum atomic E-state index is 13.0. The van der Waals surface area contributed by atoms with Crippen LogP contribution in [0, 0.1) is 11.8 Å². The summed E-state index contributed by atoms with van der Waals surface area (Å²) in [7, 11) is 0. The van der Waals surface area contributed by atoms with Gasteiger partial charge in [-0.25, -0.2) is 0 Å². The molecule has 0 saturated carbocycles. The van der Waals surface area contributed by atoms with Gasteiger partial charge in [-0.1, -0.05) is 26.0 Å². The Hall–Kier alpha value is -3.87. The Kier molecular flexibility index (Phi) is 5.12. The van der Waals surface area contributed by atoms with E-state index in [1.54, 1.807) is 13.8 Å². The van der Waals surface area contributed by atoms with Gasteiger partial charge in [0.2, 0.25) is 0 Å². The van der Waals surface area contributed by atoms with E-state index in [-0.39, 0.29) is 46.2 Å². The van der Waals surface area contributed by atoms with Gasteiger partial charge in [-0.15, -0.1) is 0 Å². The van der Waals surface area contributed by atoms with Crippen LogP contribution in [0.3, 0.4) is 0 Å². The van der Waals surface area contributed by atoms with Crippen LogP contribution in [0.4, 0.5) is 0 Å². The number of Topliss-reactive ketones (excluding diaryl/α,β-unsaturated/α-hetero) is 6. The number of hydrogen-bond acceptors (Lipinski definition) is 7. The van der Waals surface area contributed by atoms with Crippen molar-refractivity contribution in [2.45, 2.75) is 26.7 Å². The van der Waals surface area contributed by atoms with Gasteiger partial charge in [0.25, 0.3) is 0 Å². The standard InChI is InChI=1S/C25H18O7/c1-3-17(26)19-22(29)13-7-5-11(9-15(13)24(19)31)21(28)12-6-8-14-16(10-12)25(32)20(23(14)30)18(27)4-2/h5-10,19-20H,3-4H2,1-2H3. The van der Waals surface area contributed by atoms with Crippen molar-refractivity contribution >= 4 is 40.5 Å². The van der Waals surface area contributed by atoms with Gasteiger partial charge in [0.05, 0.1) is 0 Å². The zero-order valence-corrected chi connectivity index (χ0v) is 17.4. The van der Waals surface area contributed by atoms with Crippen LogP contribution in [-0.2, 0) is 9.59 Å². The number of fused-ring (bicyclic) bond motifs is 2. The smallest absolute Gasteiger partial charge is 0.193 e. The highest BCUT2D eigenvalue weighted by molar-refractivity contribution is 6.37. The highest BCUT2D eigenvalue weighted by atomic mass is 16.2. The monoisotopic (exact) mass is 430 g/mol. The minimum atomic E-state index is -1.36. The summed E-state index contributed by atoms with van der Waals surface area (Å²) in [6.07, 6.45) is 0.0939. The van der Waals surface area contributed by atoms with Gasteiger partial charge >= 0.3 is 0 Å². The van der Waals surface area contributed by atoms with Gasteiger partial charge in [-0.3, -0.25) is 33.6 Å². The zero-order valence-electron chi connectivity index (χ0n) is 17.4. The summed E-state index contributed by atoms with van der Waals surface area (Å²) in [4.78, 5) is 87.2. The second-order valence-corrected chi connectivity index (χ2v) is 7.81. The molecule has 2 aliphatic rings. The van der Waals surface area contributed by atoms with Crippen molar-refractivity contribution in [3.8, 4) is 0 Å². The molecule has 0 spiro atoms. The predicted molar refractivity (Wildman–Crippen MR) is 111 cm³/mol. The summed E-state index contributed by atoms with van der Waals surface area (Å²) in [5.41, 5.74) is 0.463. The Bertz CT molecular complexity index is 1180. The molecule has 2 unspecified atom stereocenters. The zero-order chi connectivity index (χ0) is 23.3. The second-order valence-electron chi connectivity index (χ2n) is 7.81. The first-order valence-electron chi connectivity index (χ1n) is 10.3. The third-order valence-corrected chi connectivity index (χ3v) is 6.01. The maximum Gasteiger partial charge on any atom is 0.193 e. The first-order chi connectivity index (χ1) is 15.2. The van der Waals surface area contributed by atoms with E-state index >= 15 is 0 Å². The molecular formula is C25H18O7. The summed E-state index contributed by atoms with van der Waals surface area (Å²) in [5, 5.41) is 0. The van der Waals surface area contributed by atoms with Gasteiger partial charge < -0.3 is 0 Å². The van der Waals surface area contributed by atoms with Crippen LogP contribution in [-0.4, -0.2) is 40.5 Å². The molecule has 0 bridgehead atoms. The summed E-state index contributed by atoms with van der Waals surface area (Å²) in [6, 6.07) is 8.03. The van der Waals surface area contributed by atoms with E-state index in [1.807, 2.05) is 0 Å². The Labute approximate surface area is 182 Å². The first-order valence-corrected chi connectivity index (χ1v) is 10.3. The molecule has 0 saturated heterocycles. The highest BCUT2D eigenvalue weighted by Crippen LogP contribution is 2.32. The summed E-state index contributed by atoms with van der Waals surface area (Å²) >= 11 is 0. The van der Waals surface area contributed by atoms with E-state index in [4.69, 9.17) is 0 Å². The molecule has 0 heterocycles. The average molecular weight is 430 g/mol. The van der Waals surface area contributed by atoms with Crippen LogP contribution >= 0.6 is 0 Å². The number of benzene rings is 2. The van der Waals surface area contributed by atoms with Crippen LogP contribution < -0.4 is 0 Å². The normalized spacial score (nSPS) is 19.2. The lowest BCUT2D eigenvalue weighted by molar-refractivity contribution is -0.120. The SMILES string of the molecule is CCC(=O)C1C(=O)c2ccc(C(=O)c3ccc4c(c3)C(=O)C(C(=O)CC)C4=O)cc2C1=O. The fourth-order valence-electron chi connectivity index (χ4n) is 4.23. The van der Waals surface area contributed by atoms with Crippen LogP contribution in [0.25, 0.3) is 0 Å². The lowest BCUT2D eigenvalue weighted by Crippen LogP contribution is -2.24. The second kappa shape index (κ2) is 7.67. The van der Waals surface area contributed by atoms with Gasteiger partial charge in [0, 0.05) is 46.2 Å². The Morgan fingerprint density at radius 2 is 0.938 bits per heavy atom. The summed E-state index contributed by atoms with van der Waals surface area (Å²) in [6.45, 7) is 3.14. The maximum absolute atomic E-state index is 13.0. The molecule has 2 aromatic rings. The van der Waals surface area contributed by atoms with E-state index in [0.29, 0.717) is 0 Å². The Morgan fingerprint density at radius 1 is 0.594 bits per heavy atom. The molecule has 0 radical (unpaired) electrons. The molecule has 0 fully saturated rings. The van der Waals surface area contributed by atoms with Crippen molar-refractivity contribution in [2.75, 3.05) is 0 Å². The lowest BCUT2D eigenvalue weighted by Gasteiger charge is -2.05. The summed E-state index contributed by atoms with van der Waals surface area (Å²) in [5.74, 6) is -6.57. The molecular weight excluding hydrogens is 412 g/mol. The predicted octanol–water partition coefficient (Wildman–Crippen LogP) is 2.87. The van der Waals surface area contributed by atoms with E-state index in [1.165, 1.54) is 36.4 Å². The minimum Gasteiger partial charge on any atom is -0.298 e. The molecule has 7 heteroatoms. The lowest BCUT2D eigenvalue weighted by atomic mass is 9.96. The summed E-state index contributed by atoms with van der Waals surface area (Å²) < 4.78 is 0. The van der Waals surface area contributed by atoms with Crippen molar-refractivity contribution in [3.63, 3.8) is 0 Å². The molecule has 2 aromatic carbocycles. The van der Waals surface area contributed by atoms with Gasteiger partial charge in [-0.2, -0.15) is 0 Å². The van der Waals surface area contributed by atoms with E-state index in [2.05, 4.69) is 0 Å². The molecule has 160 valence electrons. The van der Waals surface area contributed by atoms with Crippen molar-refractivity contribution in [3.05, 3.63) is 69.8 Å². The van der Waals surface area contributed by atoms with Crippen LogP contribution in [0.1, 0.15) is 84.0 Å². The molecule has 0 N–H and O–H groups in total. The minimum absolute atomic E-state index is 0.0219. The molecule has 0 amide bonds. The fraction of sp³-hybridized carbons (Fsp3) is 0.240. The number of carbonyl (C=O) groups excluding carboxylic acids is 7. The topological polar surface area (TPSA) is 119 Å². The van der Waals surface area contributed by atoms with E-state index in [0.717, 1.165) is 0 Å². The number of hydrogen-bond donors (Lipinski definition) is 0. The van der Waals surface area contributed by atoms with Crippen LogP contribution in [0.15, 0.2) is 36.4 Å². The van der Waals surface area contributed by atoms with Crippen LogP contribution in [0.2, 0.25) is 0 Å². The fourth-order valence-corrected chi connectivity index (χ4v) is 4.23. The molecule has 0 aromatic heterocycles. The average Bonchev–Trinajstić information content (AvgIpc) is 3.21. The molecule has 32 heavy (non-hydrogen) atoms. The van der Waals surface area contributed by atoms with Crippen molar-refractivity contribution < 1.29 is 33.6 Å². The quantitative estimate of drug-likeness (QED) is 0.510. The van der Waals surface area contributed by atoms with Crippen molar-refractivity contribution in [2.24, 2.45) is 11.8 Å². The molecule has 2 aliphatic carbocycles. The molecule has 7 nitrogen and oxygen atoms in total. The number of ketones is 7. The molecule has 0 aliphatic heterocycles. The van der Waals surface area contributed by atoms with Crippen molar-refractivity contribution in [1.29, 1.82) is 0 Å². The van der Waals surface area contributed by atoms with Crippen molar-refractivity contribution in [1.82, 2.24) is 0 Å². The largest absolute Gasteiger partial charge is 0.298 e. The molecule has 2 atom stereocenters. The Morgan fingerprint density at radius 3 is 1.28 bits per heavy atom. The third kappa shape index (κ3) is 3.00. The van der Waals surface area contributed by atoms with E-state index in [9.17, 15) is 33.6 Å².